The molecule has 0 spiro atoms. The molecule has 0 bridgehead atoms. The monoisotopic (exact) mass is 342 g/mol. The van der Waals surface area contributed by atoms with Crippen LogP contribution in [0.15, 0.2) is 29.2 Å². The summed E-state index contributed by atoms with van der Waals surface area (Å²) in [6, 6.07) is 6.55. The van der Waals surface area contributed by atoms with Gasteiger partial charge in [-0.2, -0.15) is 8.42 Å². The van der Waals surface area contributed by atoms with E-state index < -0.39 is 10.1 Å². The average Bonchev–Trinajstić information content (AvgIpc) is 2.52. The molecule has 6 nitrogen and oxygen atoms in total. The molecule has 0 N–H and O–H groups in total. The number of aryl methyl sites for hydroxylation is 1. The van der Waals surface area contributed by atoms with Gasteiger partial charge < -0.3 is 9.47 Å². The van der Waals surface area contributed by atoms with Gasteiger partial charge in [-0.15, -0.1) is 0 Å². The van der Waals surface area contributed by atoms with Crippen molar-refractivity contribution in [3.05, 3.63) is 29.8 Å². The molecule has 1 aromatic rings. The summed E-state index contributed by atoms with van der Waals surface area (Å²) in [5, 5.41) is 0. The van der Waals surface area contributed by atoms with Crippen LogP contribution in [-0.4, -0.2) is 40.3 Å². The van der Waals surface area contributed by atoms with Gasteiger partial charge in [0.2, 0.25) is 0 Å². The summed E-state index contributed by atoms with van der Waals surface area (Å²) in [6.07, 6.45) is 1.37. The van der Waals surface area contributed by atoms with Gasteiger partial charge in [0.25, 0.3) is 10.1 Å². The van der Waals surface area contributed by atoms with E-state index in [-0.39, 0.29) is 36.1 Å². The van der Waals surface area contributed by atoms with Crippen LogP contribution in [0.1, 0.15) is 25.3 Å². The van der Waals surface area contributed by atoms with Gasteiger partial charge in [-0.25, -0.2) is 0 Å². The zero-order chi connectivity index (χ0) is 16.9. The van der Waals surface area contributed by atoms with Crippen molar-refractivity contribution < 1.29 is 26.9 Å². The van der Waals surface area contributed by atoms with Gasteiger partial charge in [-0.1, -0.05) is 17.7 Å². The zero-order valence-corrected chi connectivity index (χ0v) is 14.2. The van der Waals surface area contributed by atoms with E-state index in [0.29, 0.717) is 13.0 Å². The molecule has 1 aliphatic heterocycles. The van der Waals surface area contributed by atoms with Crippen molar-refractivity contribution in [2.75, 3.05) is 19.8 Å². The third-order valence-electron chi connectivity index (χ3n) is 3.71. The molecule has 1 saturated heterocycles. The first-order valence-corrected chi connectivity index (χ1v) is 8.98. The largest absolute Gasteiger partial charge is 0.463 e. The minimum atomic E-state index is -3.74. The van der Waals surface area contributed by atoms with Crippen molar-refractivity contribution in [3.8, 4) is 0 Å². The fourth-order valence-electron chi connectivity index (χ4n) is 2.29. The van der Waals surface area contributed by atoms with E-state index in [1.165, 1.54) is 19.1 Å². The Morgan fingerprint density at radius 1 is 1.22 bits per heavy atom. The van der Waals surface area contributed by atoms with Crippen LogP contribution >= 0.6 is 0 Å². The van der Waals surface area contributed by atoms with E-state index >= 15 is 0 Å². The molecule has 1 aliphatic rings. The summed E-state index contributed by atoms with van der Waals surface area (Å²) in [7, 11) is -3.74. The van der Waals surface area contributed by atoms with E-state index in [1.807, 2.05) is 6.92 Å². The Labute approximate surface area is 136 Å². The van der Waals surface area contributed by atoms with Gasteiger partial charge in [-0.05, 0) is 31.9 Å². The molecule has 7 heteroatoms. The van der Waals surface area contributed by atoms with Gasteiger partial charge in [-0.3, -0.25) is 8.98 Å². The van der Waals surface area contributed by atoms with Crippen LogP contribution in [0.3, 0.4) is 0 Å². The fourth-order valence-corrected chi connectivity index (χ4v) is 3.27. The van der Waals surface area contributed by atoms with E-state index in [9.17, 15) is 13.2 Å². The highest BCUT2D eigenvalue weighted by Crippen LogP contribution is 2.22. The van der Waals surface area contributed by atoms with Crippen LogP contribution in [0.4, 0.5) is 0 Å². The Hall–Kier alpha value is -1.44. The van der Waals surface area contributed by atoms with Crippen LogP contribution < -0.4 is 0 Å². The topological polar surface area (TPSA) is 78.9 Å². The molecule has 2 atom stereocenters. The highest BCUT2D eigenvalue weighted by Gasteiger charge is 2.25. The molecule has 1 heterocycles. The summed E-state index contributed by atoms with van der Waals surface area (Å²) < 4.78 is 39.8. The maximum Gasteiger partial charge on any atom is 0.302 e. The van der Waals surface area contributed by atoms with Crippen molar-refractivity contribution in [3.63, 3.8) is 0 Å². The van der Waals surface area contributed by atoms with E-state index in [0.717, 1.165) is 12.0 Å². The first-order valence-electron chi connectivity index (χ1n) is 7.58. The van der Waals surface area contributed by atoms with Crippen molar-refractivity contribution in [2.24, 2.45) is 5.92 Å². The zero-order valence-electron chi connectivity index (χ0n) is 13.4. The van der Waals surface area contributed by atoms with Crippen molar-refractivity contribution in [1.82, 2.24) is 0 Å². The van der Waals surface area contributed by atoms with Crippen molar-refractivity contribution in [1.29, 1.82) is 0 Å². The standard InChI is InChI=1S/C16H22O6S/c1-12-3-7-16(8-4-12)23(18,19)22-10-14-5-6-15(21-9-14)11-20-13(2)17/h3-4,7-8,14-15H,5-6,9-11H2,1-2H3. The Morgan fingerprint density at radius 2 is 1.91 bits per heavy atom. The third kappa shape index (κ3) is 5.60. The van der Waals surface area contributed by atoms with Gasteiger partial charge in [0.1, 0.15) is 6.61 Å². The molecule has 23 heavy (non-hydrogen) atoms. The Kier molecular flexibility index (Phi) is 6.15. The highest BCUT2D eigenvalue weighted by molar-refractivity contribution is 7.86. The first kappa shape index (κ1) is 17.9. The van der Waals surface area contributed by atoms with Crippen LogP contribution in [-0.2, 0) is 28.6 Å². The minimum Gasteiger partial charge on any atom is -0.463 e. The Bertz CT molecular complexity index is 614. The lowest BCUT2D eigenvalue weighted by molar-refractivity contribution is -0.147. The smallest absolute Gasteiger partial charge is 0.302 e. The van der Waals surface area contributed by atoms with Crippen LogP contribution in [0.25, 0.3) is 0 Å². The van der Waals surface area contributed by atoms with Gasteiger partial charge in [0, 0.05) is 12.8 Å². The quantitative estimate of drug-likeness (QED) is 0.582. The molecule has 2 unspecified atom stereocenters. The molecule has 2 rings (SSSR count). The number of hydrogen-bond donors (Lipinski definition) is 0. The maximum absolute atomic E-state index is 12.1. The summed E-state index contributed by atoms with van der Waals surface area (Å²) in [4.78, 5) is 10.9. The average molecular weight is 342 g/mol. The number of carbonyl (C=O) groups is 1. The number of benzene rings is 1. The Balaban J connectivity index is 1.78. The minimum absolute atomic E-state index is 0.0174. The van der Waals surface area contributed by atoms with E-state index in [2.05, 4.69) is 0 Å². The second-order valence-corrected chi connectivity index (χ2v) is 7.37. The molecule has 0 aliphatic carbocycles. The van der Waals surface area contributed by atoms with Gasteiger partial charge >= 0.3 is 5.97 Å². The van der Waals surface area contributed by atoms with E-state index in [1.54, 1.807) is 12.1 Å². The summed E-state index contributed by atoms with van der Waals surface area (Å²) in [6.45, 7) is 3.98. The van der Waals surface area contributed by atoms with Crippen molar-refractivity contribution in [2.45, 2.75) is 37.7 Å². The molecular formula is C16H22O6S. The third-order valence-corrected chi connectivity index (χ3v) is 5.00. The lowest BCUT2D eigenvalue weighted by atomic mass is 10.00. The highest BCUT2D eigenvalue weighted by atomic mass is 32.2. The van der Waals surface area contributed by atoms with E-state index in [4.69, 9.17) is 13.7 Å². The molecular weight excluding hydrogens is 320 g/mol. The lowest BCUT2D eigenvalue weighted by Crippen LogP contribution is -2.32. The van der Waals surface area contributed by atoms with Crippen molar-refractivity contribution >= 4 is 16.1 Å². The lowest BCUT2D eigenvalue weighted by Gasteiger charge is -2.28. The summed E-state index contributed by atoms with van der Waals surface area (Å²) >= 11 is 0. The molecule has 0 amide bonds. The Morgan fingerprint density at radius 3 is 2.48 bits per heavy atom. The second kappa shape index (κ2) is 7.90. The van der Waals surface area contributed by atoms with Crippen LogP contribution in [0.2, 0.25) is 0 Å². The first-order chi connectivity index (χ1) is 10.9. The maximum atomic E-state index is 12.1. The number of ether oxygens (including phenoxy) is 2. The fraction of sp³-hybridized carbons (Fsp3) is 0.562. The number of rotatable bonds is 6. The molecule has 0 radical (unpaired) electrons. The van der Waals surface area contributed by atoms with Crippen LogP contribution in [0, 0.1) is 12.8 Å². The molecule has 1 fully saturated rings. The van der Waals surface area contributed by atoms with Gasteiger partial charge in [0.15, 0.2) is 0 Å². The molecule has 0 aromatic heterocycles. The molecule has 0 saturated carbocycles. The SMILES string of the molecule is CC(=O)OCC1CCC(COS(=O)(=O)c2ccc(C)cc2)CO1. The number of hydrogen-bond acceptors (Lipinski definition) is 6. The predicted molar refractivity (Wildman–Crippen MR) is 83.4 cm³/mol. The van der Waals surface area contributed by atoms with Crippen LogP contribution in [0.5, 0.6) is 0 Å². The summed E-state index contributed by atoms with van der Waals surface area (Å²) in [5.74, 6) is -0.313. The molecule has 128 valence electrons. The van der Waals surface area contributed by atoms with Gasteiger partial charge in [0.05, 0.1) is 24.2 Å². The predicted octanol–water partition coefficient (Wildman–Crippen LogP) is 2.06. The number of carbonyl (C=O) groups excluding carboxylic acids is 1. The number of esters is 1. The normalized spacial score (nSPS) is 21.8. The molecule has 1 aromatic carbocycles. The second-order valence-electron chi connectivity index (χ2n) is 5.75. The summed E-state index contributed by atoms with van der Waals surface area (Å²) in [5.41, 5.74) is 0.989.